The first kappa shape index (κ1) is 11.5. The Hall–Kier alpha value is -0.590. The van der Waals surface area contributed by atoms with E-state index in [1.165, 1.54) is 20.3 Å². The van der Waals surface area contributed by atoms with Crippen LogP contribution in [0.3, 0.4) is 0 Å². The van der Waals surface area contributed by atoms with Gasteiger partial charge in [-0.3, -0.25) is 0 Å². The SMILES string of the molecule is CN(C)S(=O)(=O)c1cn(C)c(CCl)n1. The Balaban J connectivity index is 3.22. The molecule has 0 bridgehead atoms. The minimum atomic E-state index is -3.45. The van der Waals surface area contributed by atoms with Gasteiger partial charge in [0, 0.05) is 27.3 Å². The number of hydrogen-bond donors (Lipinski definition) is 0. The Morgan fingerprint density at radius 1 is 1.57 bits per heavy atom. The van der Waals surface area contributed by atoms with Crippen LogP contribution in [0.5, 0.6) is 0 Å². The molecule has 0 fully saturated rings. The zero-order valence-corrected chi connectivity index (χ0v) is 9.80. The van der Waals surface area contributed by atoms with Crippen molar-refractivity contribution in [1.82, 2.24) is 13.9 Å². The van der Waals surface area contributed by atoms with E-state index in [1.54, 1.807) is 11.6 Å². The molecule has 0 radical (unpaired) electrons. The molecule has 0 aromatic carbocycles. The van der Waals surface area contributed by atoms with Gasteiger partial charge in [0.05, 0.1) is 5.88 Å². The highest BCUT2D eigenvalue weighted by molar-refractivity contribution is 7.89. The van der Waals surface area contributed by atoms with Gasteiger partial charge in [0.15, 0.2) is 5.03 Å². The molecule has 80 valence electrons. The molecule has 0 aliphatic carbocycles. The number of imidazole rings is 1. The fourth-order valence-corrected chi connectivity index (χ4v) is 2.05. The Kier molecular flexibility index (Phi) is 3.18. The first-order valence-electron chi connectivity index (χ1n) is 3.90. The fraction of sp³-hybridized carbons (Fsp3) is 0.571. The smallest absolute Gasteiger partial charge is 0.261 e. The maximum Gasteiger partial charge on any atom is 0.261 e. The van der Waals surface area contributed by atoms with E-state index >= 15 is 0 Å². The van der Waals surface area contributed by atoms with Crippen LogP contribution in [0.15, 0.2) is 11.2 Å². The van der Waals surface area contributed by atoms with E-state index in [-0.39, 0.29) is 10.9 Å². The van der Waals surface area contributed by atoms with Gasteiger partial charge in [0.2, 0.25) is 0 Å². The van der Waals surface area contributed by atoms with E-state index in [0.29, 0.717) is 5.82 Å². The van der Waals surface area contributed by atoms with Gasteiger partial charge in [-0.1, -0.05) is 0 Å². The van der Waals surface area contributed by atoms with E-state index in [2.05, 4.69) is 4.98 Å². The molecule has 0 saturated carbocycles. The highest BCUT2D eigenvalue weighted by Gasteiger charge is 2.21. The molecule has 5 nitrogen and oxygen atoms in total. The van der Waals surface area contributed by atoms with Crippen molar-refractivity contribution >= 4 is 21.6 Å². The number of aryl methyl sites for hydroxylation is 1. The lowest BCUT2D eigenvalue weighted by Gasteiger charge is -2.07. The highest BCUT2D eigenvalue weighted by atomic mass is 35.5. The second-order valence-corrected chi connectivity index (χ2v) is 5.39. The Bertz CT molecular complexity index is 424. The quantitative estimate of drug-likeness (QED) is 0.716. The normalized spacial score (nSPS) is 12.4. The maximum absolute atomic E-state index is 11.6. The summed E-state index contributed by atoms with van der Waals surface area (Å²) in [6.45, 7) is 0. The van der Waals surface area contributed by atoms with Crippen molar-refractivity contribution in [1.29, 1.82) is 0 Å². The second kappa shape index (κ2) is 3.88. The summed E-state index contributed by atoms with van der Waals surface area (Å²) in [6.07, 6.45) is 1.45. The molecule has 1 aromatic heterocycles. The lowest BCUT2D eigenvalue weighted by atomic mass is 10.7. The van der Waals surface area contributed by atoms with Gasteiger partial charge >= 0.3 is 0 Å². The summed E-state index contributed by atoms with van der Waals surface area (Å²) in [6, 6.07) is 0. The highest BCUT2D eigenvalue weighted by Crippen LogP contribution is 2.12. The minimum Gasteiger partial charge on any atom is -0.336 e. The van der Waals surface area contributed by atoms with E-state index in [9.17, 15) is 8.42 Å². The second-order valence-electron chi connectivity index (χ2n) is 3.03. The van der Waals surface area contributed by atoms with Gasteiger partial charge in [0.25, 0.3) is 10.0 Å². The average molecular weight is 238 g/mol. The van der Waals surface area contributed by atoms with Crippen LogP contribution in [-0.2, 0) is 23.0 Å². The van der Waals surface area contributed by atoms with Crippen molar-refractivity contribution in [3.8, 4) is 0 Å². The van der Waals surface area contributed by atoms with Gasteiger partial charge in [0.1, 0.15) is 5.82 Å². The standard InChI is InChI=1S/C7H12ClN3O2S/c1-10(2)14(12,13)7-5-11(3)6(4-8)9-7/h5H,4H2,1-3H3. The van der Waals surface area contributed by atoms with Crippen LogP contribution in [0.2, 0.25) is 0 Å². The summed E-state index contributed by atoms with van der Waals surface area (Å²) in [4.78, 5) is 3.92. The molecule has 0 unspecified atom stereocenters. The van der Waals surface area contributed by atoms with Crippen molar-refractivity contribution < 1.29 is 8.42 Å². The number of aromatic nitrogens is 2. The van der Waals surface area contributed by atoms with Crippen LogP contribution in [0.25, 0.3) is 0 Å². The van der Waals surface area contributed by atoms with Crippen molar-refractivity contribution in [2.24, 2.45) is 7.05 Å². The fourth-order valence-electron chi connectivity index (χ4n) is 0.911. The van der Waals surface area contributed by atoms with E-state index < -0.39 is 10.0 Å². The molecule has 0 aliphatic rings. The molecular formula is C7H12ClN3O2S. The summed E-state index contributed by atoms with van der Waals surface area (Å²) in [7, 11) is 1.19. The van der Waals surface area contributed by atoms with Gasteiger partial charge < -0.3 is 4.57 Å². The Morgan fingerprint density at radius 3 is 2.50 bits per heavy atom. The number of nitrogens with zero attached hydrogens (tertiary/aromatic N) is 3. The number of hydrogen-bond acceptors (Lipinski definition) is 3. The van der Waals surface area contributed by atoms with Gasteiger partial charge in [-0.2, -0.15) is 0 Å². The summed E-state index contributed by atoms with van der Waals surface area (Å²) in [5, 5.41) is 0.0284. The summed E-state index contributed by atoms with van der Waals surface area (Å²) in [5.74, 6) is 0.728. The van der Waals surface area contributed by atoms with Crippen LogP contribution < -0.4 is 0 Å². The third kappa shape index (κ3) is 1.92. The topological polar surface area (TPSA) is 55.2 Å². The lowest BCUT2D eigenvalue weighted by molar-refractivity contribution is 0.517. The van der Waals surface area contributed by atoms with Gasteiger partial charge in [-0.15, -0.1) is 11.6 Å². The zero-order valence-electron chi connectivity index (χ0n) is 8.23. The minimum absolute atomic E-state index is 0.0284. The molecule has 1 aromatic rings. The molecule has 0 N–H and O–H groups in total. The lowest BCUT2D eigenvalue weighted by Crippen LogP contribution is -2.22. The van der Waals surface area contributed by atoms with Gasteiger partial charge in [-0.05, 0) is 0 Å². The monoisotopic (exact) mass is 237 g/mol. The molecule has 0 atom stereocenters. The Labute approximate surface area is 88.4 Å². The van der Waals surface area contributed by atoms with Crippen molar-refractivity contribution in [3.05, 3.63) is 12.0 Å². The molecule has 0 saturated heterocycles. The van der Waals surface area contributed by atoms with Crippen LogP contribution in [0.4, 0.5) is 0 Å². The van der Waals surface area contributed by atoms with Crippen molar-refractivity contribution in [2.45, 2.75) is 10.9 Å². The van der Waals surface area contributed by atoms with Gasteiger partial charge in [-0.25, -0.2) is 17.7 Å². The molecule has 0 amide bonds. The number of halogens is 1. The summed E-state index contributed by atoms with van der Waals surface area (Å²) >= 11 is 5.58. The number of rotatable bonds is 3. The van der Waals surface area contributed by atoms with Crippen LogP contribution in [0, 0.1) is 0 Å². The van der Waals surface area contributed by atoms with E-state index in [4.69, 9.17) is 11.6 Å². The first-order valence-corrected chi connectivity index (χ1v) is 5.87. The average Bonchev–Trinajstić information content (AvgIpc) is 2.47. The predicted octanol–water partition coefficient (Wildman–Crippen LogP) is 0.409. The summed E-state index contributed by atoms with van der Waals surface area (Å²) in [5.41, 5.74) is 0. The molecule has 14 heavy (non-hydrogen) atoms. The maximum atomic E-state index is 11.6. The van der Waals surface area contributed by atoms with Crippen LogP contribution >= 0.6 is 11.6 Å². The number of alkyl halides is 1. The summed E-state index contributed by atoms with van der Waals surface area (Å²) < 4.78 is 26.0. The first-order chi connectivity index (χ1) is 6.39. The predicted molar refractivity (Wildman–Crippen MR) is 53.6 cm³/mol. The van der Waals surface area contributed by atoms with E-state index in [0.717, 1.165) is 4.31 Å². The number of sulfonamides is 1. The molecule has 1 rings (SSSR count). The molecule has 0 aliphatic heterocycles. The van der Waals surface area contributed by atoms with E-state index in [1.807, 2.05) is 0 Å². The van der Waals surface area contributed by atoms with Crippen LogP contribution in [0.1, 0.15) is 5.82 Å². The molecule has 1 heterocycles. The zero-order chi connectivity index (χ0) is 10.9. The third-order valence-corrected chi connectivity index (χ3v) is 3.74. The molecule has 0 spiro atoms. The Morgan fingerprint density at radius 2 is 2.14 bits per heavy atom. The van der Waals surface area contributed by atoms with Crippen molar-refractivity contribution in [2.75, 3.05) is 14.1 Å². The molecule has 7 heteroatoms. The van der Waals surface area contributed by atoms with Crippen LogP contribution in [-0.4, -0.2) is 36.4 Å². The van der Waals surface area contributed by atoms with Crippen molar-refractivity contribution in [3.63, 3.8) is 0 Å². The largest absolute Gasteiger partial charge is 0.336 e. The molecular weight excluding hydrogens is 226 g/mol. The third-order valence-electron chi connectivity index (χ3n) is 1.82.